The van der Waals surface area contributed by atoms with Crippen LogP contribution in [0.4, 0.5) is 11.6 Å². The monoisotopic (exact) mass is 357 g/mol. The Morgan fingerprint density at radius 1 is 1.42 bits per heavy atom. The summed E-state index contributed by atoms with van der Waals surface area (Å²) in [4.78, 5) is 30.7. The second kappa shape index (κ2) is 7.55. The molecule has 0 aliphatic carbocycles. The number of nitrogens with zero attached hydrogens (tertiary/aromatic N) is 4. The Labute approximate surface area is 152 Å². The molecular weight excluding hydrogens is 334 g/mol. The predicted octanol–water partition coefficient (Wildman–Crippen LogP) is 2.00. The smallest absolute Gasteiger partial charge is 0.248 e. The van der Waals surface area contributed by atoms with Crippen molar-refractivity contribution in [3.63, 3.8) is 0 Å². The van der Waals surface area contributed by atoms with Crippen LogP contribution in [-0.4, -0.2) is 40.2 Å². The van der Waals surface area contributed by atoms with Crippen molar-refractivity contribution in [3.8, 4) is 5.75 Å². The van der Waals surface area contributed by atoms with Gasteiger partial charge in [-0.05, 0) is 31.0 Å². The van der Waals surface area contributed by atoms with Gasteiger partial charge >= 0.3 is 0 Å². The van der Waals surface area contributed by atoms with Crippen LogP contribution in [0.2, 0.25) is 0 Å². The molecule has 1 saturated heterocycles. The summed E-state index contributed by atoms with van der Waals surface area (Å²) < 4.78 is 7.04. The highest BCUT2D eigenvalue weighted by molar-refractivity contribution is 6.03. The van der Waals surface area contributed by atoms with Crippen molar-refractivity contribution in [2.24, 2.45) is 5.92 Å². The second-order valence-electron chi connectivity index (χ2n) is 6.40. The standard InChI is InChI=1S/C18H23N5O3/c1-4-7-22-11-19-18(21-22)20-17(25)13-9-16(24)23(10-13)14-8-12(2)5-6-15(14)26-3/h5-6,8,11,13H,4,7,9-10H2,1-3H3,(H,20,21,25)/t13-/m0/s1. The fraction of sp³-hybridized carbons (Fsp3) is 0.444. The summed E-state index contributed by atoms with van der Waals surface area (Å²) in [6, 6.07) is 5.64. The molecular formula is C18H23N5O3. The number of rotatable bonds is 6. The molecule has 0 unspecified atom stereocenters. The molecule has 2 heterocycles. The average molecular weight is 357 g/mol. The normalized spacial score (nSPS) is 16.8. The van der Waals surface area contributed by atoms with E-state index in [2.05, 4.69) is 15.4 Å². The van der Waals surface area contributed by atoms with E-state index < -0.39 is 5.92 Å². The van der Waals surface area contributed by atoms with Gasteiger partial charge in [-0.3, -0.25) is 19.6 Å². The van der Waals surface area contributed by atoms with Gasteiger partial charge in [0.1, 0.15) is 12.1 Å². The Balaban J connectivity index is 1.71. The Morgan fingerprint density at radius 3 is 2.96 bits per heavy atom. The van der Waals surface area contributed by atoms with Crippen LogP contribution in [0.3, 0.4) is 0 Å². The maximum Gasteiger partial charge on any atom is 0.248 e. The van der Waals surface area contributed by atoms with Crippen molar-refractivity contribution < 1.29 is 14.3 Å². The molecule has 8 nitrogen and oxygen atoms in total. The summed E-state index contributed by atoms with van der Waals surface area (Å²) in [5.41, 5.74) is 1.71. The van der Waals surface area contributed by atoms with Gasteiger partial charge < -0.3 is 9.64 Å². The third-order valence-corrected chi connectivity index (χ3v) is 4.35. The van der Waals surface area contributed by atoms with Crippen LogP contribution in [-0.2, 0) is 16.1 Å². The fourth-order valence-corrected chi connectivity index (χ4v) is 3.03. The molecule has 26 heavy (non-hydrogen) atoms. The van der Waals surface area contributed by atoms with Crippen molar-refractivity contribution >= 4 is 23.5 Å². The number of carbonyl (C=O) groups excluding carboxylic acids is 2. The first-order chi connectivity index (χ1) is 12.5. The molecule has 1 aromatic carbocycles. The highest BCUT2D eigenvalue weighted by Crippen LogP contribution is 2.34. The van der Waals surface area contributed by atoms with E-state index in [1.807, 2.05) is 32.0 Å². The number of nitrogens with one attached hydrogen (secondary N) is 1. The van der Waals surface area contributed by atoms with E-state index >= 15 is 0 Å². The number of aryl methyl sites for hydroxylation is 2. The Morgan fingerprint density at radius 2 is 2.23 bits per heavy atom. The number of methoxy groups -OCH3 is 1. The van der Waals surface area contributed by atoms with E-state index in [-0.39, 0.29) is 24.2 Å². The molecule has 3 rings (SSSR count). The number of anilines is 2. The third kappa shape index (κ3) is 3.68. The zero-order chi connectivity index (χ0) is 18.7. The number of aromatic nitrogens is 3. The van der Waals surface area contributed by atoms with Crippen LogP contribution in [0, 0.1) is 12.8 Å². The van der Waals surface area contributed by atoms with Crippen LogP contribution in [0.5, 0.6) is 5.75 Å². The van der Waals surface area contributed by atoms with Crippen LogP contribution in [0.15, 0.2) is 24.5 Å². The zero-order valence-corrected chi connectivity index (χ0v) is 15.2. The SMILES string of the molecule is CCCn1cnc(NC(=O)[C@H]2CC(=O)N(c3cc(C)ccc3OC)C2)n1. The molecule has 1 aliphatic heterocycles. The van der Waals surface area contributed by atoms with Gasteiger partial charge in [-0.2, -0.15) is 0 Å². The van der Waals surface area contributed by atoms with E-state index in [1.54, 1.807) is 23.0 Å². The summed E-state index contributed by atoms with van der Waals surface area (Å²) in [7, 11) is 1.57. The zero-order valence-electron chi connectivity index (χ0n) is 15.2. The lowest BCUT2D eigenvalue weighted by Gasteiger charge is -2.20. The highest BCUT2D eigenvalue weighted by Gasteiger charge is 2.36. The first-order valence-electron chi connectivity index (χ1n) is 8.67. The van der Waals surface area contributed by atoms with Gasteiger partial charge in [-0.1, -0.05) is 13.0 Å². The first kappa shape index (κ1) is 17.9. The number of benzene rings is 1. The van der Waals surface area contributed by atoms with E-state index in [0.29, 0.717) is 18.0 Å². The highest BCUT2D eigenvalue weighted by atomic mass is 16.5. The number of hydrogen-bond donors (Lipinski definition) is 1. The van der Waals surface area contributed by atoms with Gasteiger partial charge in [0.15, 0.2) is 0 Å². The van der Waals surface area contributed by atoms with Crippen molar-refractivity contribution in [3.05, 3.63) is 30.1 Å². The quantitative estimate of drug-likeness (QED) is 0.854. The van der Waals surface area contributed by atoms with Crippen LogP contribution < -0.4 is 15.0 Å². The summed E-state index contributed by atoms with van der Waals surface area (Å²) in [5, 5.41) is 6.90. The summed E-state index contributed by atoms with van der Waals surface area (Å²) in [6.07, 6.45) is 2.67. The van der Waals surface area contributed by atoms with Crippen LogP contribution >= 0.6 is 0 Å². The van der Waals surface area contributed by atoms with Gasteiger partial charge in [-0.25, -0.2) is 4.98 Å². The Bertz CT molecular complexity index is 817. The van der Waals surface area contributed by atoms with Crippen molar-refractivity contribution in [2.45, 2.75) is 33.2 Å². The van der Waals surface area contributed by atoms with E-state index in [1.165, 1.54) is 0 Å². The lowest BCUT2D eigenvalue weighted by molar-refractivity contribution is -0.122. The van der Waals surface area contributed by atoms with E-state index in [0.717, 1.165) is 18.5 Å². The Hall–Kier alpha value is -2.90. The summed E-state index contributed by atoms with van der Waals surface area (Å²) >= 11 is 0. The van der Waals surface area contributed by atoms with Gasteiger partial charge in [0, 0.05) is 19.5 Å². The van der Waals surface area contributed by atoms with Gasteiger partial charge in [0.05, 0.1) is 18.7 Å². The lowest BCUT2D eigenvalue weighted by Crippen LogP contribution is -2.28. The van der Waals surface area contributed by atoms with E-state index in [4.69, 9.17) is 4.74 Å². The number of carbonyl (C=O) groups is 2. The number of ether oxygens (including phenoxy) is 1. The van der Waals surface area contributed by atoms with Crippen LogP contribution in [0.1, 0.15) is 25.3 Å². The predicted molar refractivity (Wildman–Crippen MR) is 97.1 cm³/mol. The maximum atomic E-state index is 12.5. The first-order valence-corrected chi connectivity index (χ1v) is 8.67. The molecule has 1 aromatic heterocycles. The molecule has 0 radical (unpaired) electrons. The molecule has 1 N–H and O–H groups in total. The third-order valence-electron chi connectivity index (χ3n) is 4.35. The molecule has 1 aliphatic rings. The summed E-state index contributed by atoms with van der Waals surface area (Å²) in [6.45, 7) is 5.04. The molecule has 138 valence electrons. The number of hydrogen-bond acceptors (Lipinski definition) is 5. The van der Waals surface area contributed by atoms with Crippen LogP contribution in [0.25, 0.3) is 0 Å². The largest absolute Gasteiger partial charge is 0.495 e. The molecule has 0 spiro atoms. The maximum absolute atomic E-state index is 12.5. The van der Waals surface area contributed by atoms with Crippen molar-refractivity contribution in [1.29, 1.82) is 0 Å². The molecule has 2 aromatic rings. The number of amides is 2. The fourth-order valence-electron chi connectivity index (χ4n) is 3.03. The Kier molecular flexibility index (Phi) is 5.20. The van der Waals surface area contributed by atoms with Crippen molar-refractivity contribution in [2.75, 3.05) is 23.9 Å². The van der Waals surface area contributed by atoms with Crippen molar-refractivity contribution in [1.82, 2.24) is 14.8 Å². The minimum Gasteiger partial charge on any atom is -0.495 e. The molecule has 1 fully saturated rings. The minimum atomic E-state index is -0.453. The average Bonchev–Trinajstić information content (AvgIpc) is 3.21. The second-order valence-corrected chi connectivity index (χ2v) is 6.40. The van der Waals surface area contributed by atoms with Gasteiger partial charge in [0.2, 0.25) is 17.8 Å². The molecule has 2 amide bonds. The van der Waals surface area contributed by atoms with Gasteiger partial charge in [-0.15, -0.1) is 5.10 Å². The molecule has 0 bridgehead atoms. The molecule has 1 atom stereocenters. The summed E-state index contributed by atoms with van der Waals surface area (Å²) in [5.74, 6) is 0.0820. The van der Waals surface area contributed by atoms with Gasteiger partial charge in [0.25, 0.3) is 0 Å². The van der Waals surface area contributed by atoms with E-state index in [9.17, 15) is 9.59 Å². The molecule has 0 saturated carbocycles. The minimum absolute atomic E-state index is 0.0986. The lowest BCUT2D eigenvalue weighted by atomic mass is 10.1. The topological polar surface area (TPSA) is 89.4 Å². The molecule has 8 heteroatoms.